The van der Waals surface area contributed by atoms with Gasteiger partial charge in [0.15, 0.2) is 11.6 Å². The Bertz CT molecular complexity index is 1010. The van der Waals surface area contributed by atoms with Gasteiger partial charge >= 0.3 is 6.03 Å². The van der Waals surface area contributed by atoms with E-state index in [4.69, 9.17) is 23.1 Å². The van der Waals surface area contributed by atoms with Crippen molar-refractivity contribution in [3.05, 3.63) is 47.1 Å². The van der Waals surface area contributed by atoms with Gasteiger partial charge < -0.3 is 27.4 Å². The molecular weight excluding hydrogens is 425 g/mol. The van der Waals surface area contributed by atoms with E-state index < -0.39 is 23.7 Å². The van der Waals surface area contributed by atoms with Gasteiger partial charge in [0.2, 0.25) is 11.2 Å². The van der Waals surface area contributed by atoms with Crippen molar-refractivity contribution < 1.29 is 14.0 Å². The van der Waals surface area contributed by atoms with E-state index in [2.05, 4.69) is 25.9 Å². The highest BCUT2D eigenvalue weighted by Crippen LogP contribution is 2.49. The van der Waals surface area contributed by atoms with Crippen LogP contribution in [0.25, 0.3) is 0 Å². The first-order valence-corrected chi connectivity index (χ1v) is 10.3. The highest BCUT2D eigenvalue weighted by Gasteiger charge is 2.55. The number of aromatic nitrogens is 2. The average molecular weight is 448 g/mol. The maximum Gasteiger partial charge on any atom is 0.315 e. The van der Waals surface area contributed by atoms with Gasteiger partial charge in [-0.25, -0.2) is 14.2 Å². The lowest BCUT2D eigenvalue weighted by atomic mass is 9.81. The number of nitrogen functional groups attached to an aromatic ring is 1. The minimum atomic E-state index is -0.681. The molecule has 3 amide bonds. The number of nitrogens with zero attached hydrogens (tertiary/aromatic N) is 2. The molecule has 2 aromatic rings. The van der Waals surface area contributed by atoms with Crippen LogP contribution in [0.5, 0.6) is 0 Å². The molecule has 7 N–H and O–H groups in total. The summed E-state index contributed by atoms with van der Waals surface area (Å²) in [5, 5.41) is 8.65. The molecular formula is C20H23ClFN7O2. The zero-order valence-corrected chi connectivity index (χ0v) is 17.3. The average Bonchev–Trinajstić information content (AvgIpc) is 3.27. The number of fused-ring (bicyclic) bond motifs is 2. The zero-order chi connectivity index (χ0) is 22.1. The Morgan fingerprint density at radius 1 is 1.29 bits per heavy atom. The maximum absolute atomic E-state index is 14.1. The third kappa shape index (κ3) is 4.48. The molecule has 0 unspecified atom stereocenters. The van der Waals surface area contributed by atoms with Crippen molar-refractivity contribution >= 4 is 35.0 Å². The molecule has 9 nitrogen and oxygen atoms in total. The van der Waals surface area contributed by atoms with E-state index in [1.54, 1.807) is 12.1 Å². The molecule has 2 aliphatic rings. The highest BCUT2D eigenvalue weighted by atomic mass is 35.5. The van der Waals surface area contributed by atoms with Gasteiger partial charge in [-0.05, 0) is 48.1 Å². The third-order valence-corrected chi connectivity index (χ3v) is 6.25. The number of hydrogen-bond acceptors (Lipinski definition) is 6. The highest BCUT2D eigenvalue weighted by molar-refractivity contribution is 6.28. The number of carbonyl (C=O) groups excluding carboxylic acids is 2. The van der Waals surface area contributed by atoms with E-state index in [1.165, 1.54) is 0 Å². The fraction of sp³-hybridized carbons (Fsp3) is 0.400. The summed E-state index contributed by atoms with van der Waals surface area (Å²) in [7, 11) is 0. The minimum Gasteiger partial charge on any atom is -0.399 e. The molecule has 1 aromatic heterocycles. The van der Waals surface area contributed by atoms with E-state index in [0.29, 0.717) is 25.1 Å². The number of urea groups is 1. The van der Waals surface area contributed by atoms with Crippen molar-refractivity contribution in [2.75, 3.05) is 11.1 Å². The summed E-state index contributed by atoms with van der Waals surface area (Å²) in [6.45, 7) is 0.327. The van der Waals surface area contributed by atoms with Gasteiger partial charge in [0.25, 0.3) is 0 Å². The van der Waals surface area contributed by atoms with Gasteiger partial charge in [0, 0.05) is 30.2 Å². The Balaban J connectivity index is 1.43. The molecule has 2 fully saturated rings. The second kappa shape index (κ2) is 8.54. The molecule has 0 aliphatic heterocycles. The number of halogens is 2. The molecule has 2 bridgehead atoms. The molecule has 4 rings (SSSR count). The van der Waals surface area contributed by atoms with Crippen molar-refractivity contribution in [3.8, 4) is 0 Å². The molecule has 0 saturated heterocycles. The van der Waals surface area contributed by atoms with Crippen LogP contribution in [0.1, 0.15) is 18.4 Å². The number of nitrogens with one attached hydrogen (secondary N) is 3. The Hall–Kier alpha value is -3.14. The number of nitrogens with two attached hydrogens (primary N) is 2. The minimum absolute atomic E-state index is 0.0143. The van der Waals surface area contributed by atoms with Crippen molar-refractivity contribution in [2.24, 2.45) is 23.5 Å². The largest absolute Gasteiger partial charge is 0.399 e. The molecule has 0 spiro atoms. The van der Waals surface area contributed by atoms with E-state index >= 15 is 0 Å². The molecule has 5 atom stereocenters. The number of benzene rings is 1. The molecule has 1 aromatic carbocycles. The Labute approximate surface area is 183 Å². The lowest BCUT2D eigenvalue weighted by molar-refractivity contribution is -0.123. The van der Waals surface area contributed by atoms with Crippen LogP contribution in [0, 0.1) is 23.6 Å². The van der Waals surface area contributed by atoms with Gasteiger partial charge in [-0.1, -0.05) is 12.1 Å². The van der Waals surface area contributed by atoms with Gasteiger partial charge in [-0.2, -0.15) is 4.98 Å². The molecule has 2 aliphatic carbocycles. The summed E-state index contributed by atoms with van der Waals surface area (Å²) >= 11 is 5.78. The van der Waals surface area contributed by atoms with Crippen LogP contribution in [0.15, 0.2) is 30.5 Å². The molecule has 1 heterocycles. The number of rotatable bonds is 6. The zero-order valence-electron chi connectivity index (χ0n) is 16.5. The van der Waals surface area contributed by atoms with Gasteiger partial charge in [0.1, 0.15) is 0 Å². The third-order valence-electron chi connectivity index (χ3n) is 6.07. The van der Waals surface area contributed by atoms with Crippen LogP contribution in [-0.4, -0.2) is 34.0 Å². The summed E-state index contributed by atoms with van der Waals surface area (Å²) in [6.07, 6.45) is 2.27. The summed E-state index contributed by atoms with van der Waals surface area (Å²) in [5.74, 6) is -1.86. The normalized spacial score (nSPS) is 26.5. The number of anilines is 2. The van der Waals surface area contributed by atoms with Gasteiger partial charge in [-0.15, -0.1) is 0 Å². The smallest absolute Gasteiger partial charge is 0.315 e. The molecule has 31 heavy (non-hydrogen) atoms. The SMILES string of the molecule is NC(=O)[C@H]1[C@@H]2C[C@@H]([C@H]1Nc1nc(Cl)ncc1F)[C@H](NC(=O)NCc1cccc(N)c1)C2. The lowest BCUT2D eigenvalue weighted by Crippen LogP contribution is -2.53. The lowest BCUT2D eigenvalue weighted by Gasteiger charge is -2.35. The predicted molar refractivity (Wildman–Crippen MR) is 113 cm³/mol. The predicted octanol–water partition coefficient (Wildman–Crippen LogP) is 1.64. The summed E-state index contributed by atoms with van der Waals surface area (Å²) < 4.78 is 14.1. The van der Waals surface area contributed by atoms with Crippen LogP contribution in [0.3, 0.4) is 0 Å². The van der Waals surface area contributed by atoms with Crippen LogP contribution < -0.4 is 27.4 Å². The maximum atomic E-state index is 14.1. The Morgan fingerprint density at radius 2 is 2.10 bits per heavy atom. The van der Waals surface area contributed by atoms with Gasteiger partial charge in [-0.3, -0.25) is 4.79 Å². The van der Waals surface area contributed by atoms with Crippen molar-refractivity contribution in [1.82, 2.24) is 20.6 Å². The van der Waals surface area contributed by atoms with Crippen LogP contribution in [-0.2, 0) is 11.3 Å². The first kappa shape index (κ1) is 21.1. The fourth-order valence-corrected chi connectivity index (χ4v) is 4.98. The Kier molecular flexibility index (Phi) is 5.81. The number of hydrogen-bond donors (Lipinski definition) is 5. The van der Waals surface area contributed by atoms with E-state index in [9.17, 15) is 14.0 Å². The molecule has 2 saturated carbocycles. The second-order valence-electron chi connectivity index (χ2n) is 8.01. The summed E-state index contributed by atoms with van der Waals surface area (Å²) in [5.41, 5.74) is 12.9. The number of primary amides is 1. The number of carbonyl (C=O) groups is 2. The van der Waals surface area contributed by atoms with E-state index in [0.717, 1.165) is 11.8 Å². The first-order valence-electron chi connectivity index (χ1n) is 9.94. The molecule has 0 radical (unpaired) electrons. The Morgan fingerprint density at radius 3 is 2.84 bits per heavy atom. The van der Waals surface area contributed by atoms with Crippen molar-refractivity contribution in [2.45, 2.75) is 31.5 Å². The fourth-order valence-electron chi connectivity index (χ4n) is 4.84. The summed E-state index contributed by atoms with van der Waals surface area (Å²) in [6, 6.07) is 6.25. The van der Waals surface area contributed by atoms with Crippen molar-refractivity contribution in [1.29, 1.82) is 0 Å². The monoisotopic (exact) mass is 447 g/mol. The van der Waals surface area contributed by atoms with E-state index in [-0.39, 0.29) is 35.0 Å². The van der Waals surface area contributed by atoms with Crippen LogP contribution in [0.4, 0.5) is 20.7 Å². The van der Waals surface area contributed by atoms with Crippen LogP contribution >= 0.6 is 11.6 Å². The van der Waals surface area contributed by atoms with Crippen LogP contribution in [0.2, 0.25) is 5.28 Å². The van der Waals surface area contributed by atoms with E-state index in [1.807, 2.05) is 12.1 Å². The summed E-state index contributed by atoms with van der Waals surface area (Å²) in [4.78, 5) is 32.0. The second-order valence-corrected chi connectivity index (χ2v) is 8.35. The van der Waals surface area contributed by atoms with Crippen molar-refractivity contribution in [3.63, 3.8) is 0 Å². The topological polar surface area (TPSA) is 148 Å². The first-order chi connectivity index (χ1) is 14.8. The number of amides is 3. The molecule has 11 heteroatoms. The van der Waals surface area contributed by atoms with Gasteiger partial charge in [0.05, 0.1) is 12.1 Å². The standard InChI is InChI=1S/C20H23ClFN7O2/c21-19-25-8-13(22)18(29-19)28-16-12-5-10(15(16)17(24)30)6-14(12)27-20(31)26-7-9-2-1-3-11(23)4-9/h1-4,8,10,12,14-16H,5-7,23H2,(H2,24,30)(H,25,28,29)(H2,26,27,31)/t10-,12-,14-,15+,16-/m1/s1. The quantitative estimate of drug-likeness (QED) is 0.336. The molecule has 164 valence electrons.